The van der Waals surface area contributed by atoms with Crippen molar-refractivity contribution >= 4 is 43.0 Å². The molecule has 0 aromatic heterocycles. The molecule has 0 aliphatic carbocycles. The third-order valence-corrected chi connectivity index (χ3v) is 9.78. The van der Waals surface area contributed by atoms with Crippen molar-refractivity contribution in [2.24, 2.45) is 0 Å². The zero-order chi connectivity index (χ0) is 30.5. The largest absolute Gasteiger partial charge is 0.322 e. The summed E-state index contributed by atoms with van der Waals surface area (Å²) in [5.74, 6) is -0.551. The molecule has 43 heavy (non-hydrogen) atoms. The predicted octanol–water partition coefficient (Wildman–Crippen LogP) is 6.44. The van der Waals surface area contributed by atoms with Gasteiger partial charge in [0, 0.05) is 11.4 Å². The number of nitrogens with zero attached hydrogens (tertiary/aromatic N) is 1. The maximum atomic E-state index is 13.9. The minimum absolute atomic E-state index is 0.00283. The van der Waals surface area contributed by atoms with Crippen molar-refractivity contribution in [2.45, 2.75) is 23.3 Å². The number of sulfonamides is 2. The Morgan fingerprint density at radius 3 is 1.95 bits per heavy atom. The molecule has 0 atom stereocenters. The quantitative estimate of drug-likeness (QED) is 0.189. The lowest BCUT2D eigenvalue weighted by Gasteiger charge is -2.26. The number of rotatable bonds is 10. The molecule has 0 aliphatic rings. The molecular weight excluding hydrogens is 583 g/mol. The molecule has 10 heteroatoms. The highest BCUT2D eigenvalue weighted by atomic mass is 32.2. The van der Waals surface area contributed by atoms with Gasteiger partial charge in [-0.05, 0) is 78.7 Å². The second-order valence-corrected chi connectivity index (χ2v) is 13.3. The van der Waals surface area contributed by atoms with Gasteiger partial charge in [-0.2, -0.15) is 0 Å². The highest BCUT2D eigenvalue weighted by molar-refractivity contribution is 7.93. The maximum Gasteiger partial charge on any atom is 0.264 e. The number of para-hydroxylation sites is 1. The monoisotopic (exact) mass is 611 g/mol. The first-order valence-electron chi connectivity index (χ1n) is 13.4. The smallest absolute Gasteiger partial charge is 0.264 e. The summed E-state index contributed by atoms with van der Waals surface area (Å²) in [6.07, 6.45) is 0. The van der Waals surface area contributed by atoms with Crippen LogP contribution >= 0.6 is 0 Å². The number of benzene rings is 5. The number of carbonyl (C=O) groups is 1. The van der Waals surface area contributed by atoms with Crippen LogP contribution in [0.2, 0.25) is 0 Å². The number of nitrogens with one attached hydrogen (secondary N) is 2. The summed E-state index contributed by atoms with van der Waals surface area (Å²) >= 11 is 0. The molecule has 0 aliphatic heterocycles. The molecule has 1 amide bonds. The summed E-state index contributed by atoms with van der Waals surface area (Å²) in [5.41, 5.74) is 2.78. The van der Waals surface area contributed by atoms with E-state index >= 15 is 0 Å². The normalized spacial score (nSPS) is 11.5. The molecule has 2 N–H and O–H groups in total. The fourth-order valence-corrected chi connectivity index (χ4v) is 7.03. The van der Waals surface area contributed by atoms with Crippen LogP contribution < -0.4 is 14.3 Å². The van der Waals surface area contributed by atoms with Crippen molar-refractivity contribution in [3.8, 4) is 0 Å². The van der Waals surface area contributed by atoms with Gasteiger partial charge in [0.2, 0.25) is 0 Å². The molecule has 0 bridgehead atoms. The summed E-state index contributed by atoms with van der Waals surface area (Å²) in [6.45, 7) is 1.87. The Bertz CT molecular complexity index is 1950. The first-order valence-corrected chi connectivity index (χ1v) is 16.3. The number of amides is 1. The van der Waals surface area contributed by atoms with Gasteiger partial charge in [0.1, 0.15) is 0 Å². The molecular formula is C33H29N3O5S2. The summed E-state index contributed by atoms with van der Waals surface area (Å²) in [7, 11) is -7.91. The van der Waals surface area contributed by atoms with Crippen LogP contribution in [0.1, 0.15) is 21.5 Å². The summed E-state index contributed by atoms with van der Waals surface area (Å²) in [6, 6.07) is 36.4. The van der Waals surface area contributed by atoms with Gasteiger partial charge in [0.15, 0.2) is 0 Å². The molecule has 0 fully saturated rings. The second-order valence-electron chi connectivity index (χ2n) is 9.78. The van der Waals surface area contributed by atoms with Gasteiger partial charge < -0.3 is 5.32 Å². The third kappa shape index (κ3) is 6.94. The topological polar surface area (TPSA) is 113 Å². The lowest BCUT2D eigenvalue weighted by atomic mass is 10.1. The van der Waals surface area contributed by atoms with Crippen LogP contribution in [0.3, 0.4) is 0 Å². The molecule has 5 aromatic rings. The molecule has 8 nitrogen and oxygen atoms in total. The molecule has 0 spiro atoms. The minimum atomic E-state index is -4.05. The van der Waals surface area contributed by atoms with Gasteiger partial charge in [-0.15, -0.1) is 0 Å². The Morgan fingerprint density at radius 1 is 0.651 bits per heavy atom. The molecule has 0 unspecified atom stereocenters. The number of hydrogen-bond acceptors (Lipinski definition) is 5. The van der Waals surface area contributed by atoms with Crippen LogP contribution in [0.4, 0.5) is 17.1 Å². The van der Waals surface area contributed by atoms with Crippen LogP contribution in [-0.4, -0.2) is 22.7 Å². The predicted molar refractivity (Wildman–Crippen MR) is 169 cm³/mol. The lowest BCUT2D eigenvalue weighted by molar-refractivity contribution is 0.102. The zero-order valence-electron chi connectivity index (χ0n) is 23.2. The van der Waals surface area contributed by atoms with E-state index < -0.39 is 26.0 Å². The molecule has 0 heterocycles. The molecule has 5 rings (SSSR count). The standard InChI is InChI=1S/C33H29N3O5S2/c1-25-11-10-14-28(23-25)35-42(38,39)29-21-19-27(20-22-29)34-33(37)31-17-8-9-18-32(31)36(24-26-12-4-2-5-13-26)43(40,41)30-15-6-3-7-16-30/h2-23,35H,24H2,1H3,(H,34,37). The van der Waals surface area contributed by atoms with Gasteiger partial charge in [-0.3, -0.25) is 13.8 Å². The fourth-order valence-electron chi connectivity index (χ4n) is 4.49. The Hall–Kier alpha value is -4.93. The van der Waals surface area contributed by atoms with Crippen molar-refractivity contribution in [3.63, 3.8) is 0 Å². The van der Waals surface area contributed by atoms with E-state index in [1.807, 2.05) is 43.3 Å². The first-order chi connectivity index (χ1) is 20.6. The van der Waals surface area contributed by atoms with Crippen LogP contribution in [0.25, 0.3) is 0 Å². The van der Waals surface area contributed by atoms with Gasteiger partial charge in [-0.1, -0.05) is 72.8 Å². The zero-order valence-corrected chi connectivity index (χ0v) is 24.8. The van der Waals surface area contributed by atoms with Crippen molar-refractivity contribution in [3.05, 3.63) is 150 Å². The minimum Gasteiger partial charge on any atom is -0.322 e. The van der Waals surface area contributed by atoms with Crippen LogP contribution in [-0.2, 0) is 26.6 Å². The second kappa shape index (κ2) is 12.5. The summed E-state index contributed by atoms with van der Waals surface area (Å²) in [5, 5.41) is 2.77. The molecule has 0 radical (unpaired) electrons. The lowest BCUT2D eigenvalue weighted by Crippen LogP contribution is -2.32. The first kappa shape index (κ1) is 29.6. The number of aryl methyl sites for hydroxylation is 1. The highest BCUT2D eigenvalue weighted by Crippen LogP contribution is 2.30. The van der Waals surface area contributed by atoms with Gasteiger partial charge >= 0.3 is 0 Å². The van der Waals surface area contributed by atoms with Crippen molar-refractivity contribution in [1.29, 1.82) is 0 Å². The molecule has 218 valence electrons. The van der Waals surface area contributed by atoms with Crippen LogP contribution in [0, 0.1) is 6.92 Å². The Morgan fingerprint density at radius 2 is 1.28 bits per heavy atom. The Balaban J connectivity index is 1.43. The summed E-state index contributed by atoms with van der Waals surface area (Å²) in [4.78, 5) is 13.7. The van der Waals surface area contributed by atoms with Gasteiger partial charge in [0.25, 0.3) is 26.0 Å². The van der Waals surface area contributed by atoms with E-state index in [4.69, 9.17) is 0 Å². The number of anilines is 3. The van der Waals surface area contributed by atoms with Crippen LogP contribution in [0.15, 0.2) is 143 Å². The third-order valence-electron chi connectivity index (χ3n) is 6.61. The maximum absolute atomic E-state index is 13.9. The van der Waals surface area contributed by atoms with E-state index in [1.54, 1.807) is 60.7 Å². The van der Waals surface area contributed by atoms with E-state index in [-0.39, 0.29) is 27.6 Å². The van der Waals surface area contributed by atoms with E-state index in [0.717, 1.165) is 11.1 Å². The van der Waals surface area contributed by atoms with Crippen molar-refractivity contribution < 1.29 is 21.6 Å². The molecule has 5 aromatic carbocycles. The van der Waals surface area contributed by atoms with Crippen molar-refractivity contribution in [2.75, 3.05) is 14.3 Å². The van der Waals surface area contributed by atoms with Crippen molar-refractivity contribution in [1.82, 2.24) is 0 Å². The average Bonchev–Trinajstić information content (AvgIpc) is 3.01. The number of carbonyl (C=O) groups excluding carboxylic acids is 1. The average molecular weight is 612 g/mol. The Kier molecular flexibility index (Phi) is 8.61. The fraction of sp³-hybridized carbons (Fsp3) is 0.0606. The van der Waals surface area contributed by atoms with E-state index in [2.05, 4.69) is 10.0 Å². The summed E-state index contributed by atoms with van der Waals surface area (Å²) < 4.78 is 57.3. The van der Waals surface area contributed by atoms with Gasteiger partial charge in [-0.25, -0.2) is 16.8 Å². The van der Waals surface area contributed by atoms with E-state index in [9.17, 15) is 21.6 Å². The SMILES string of the molecule is Cc1cccc(NS(=O)(=O)c2ccc(NC(=O)c3ccccc3N(Cc3ccccc3)S(=O)(=O)c3ccccc3)cc2)c1. The van der Waals surface area contributed by atoms with E-state index in [1.165, 1.54) is 40.7 Å². The van der Waals surface area contributed by atoms with Crippen LogP contribution in [0.5, 0.6) is 0 Å². The van der Waals surface area contributed by atoms with E-state index in [0.29, 0.717) is 11.4 Å². The highest BCUT2D eigenvalue weighted by Gasteiger charge is 2.28. The molecule has 0 saturated heterocycles. The van der Waals surface area contributed by atoms with Gasteiger partial charge in [0.05, 0.1) is 27.6 Å². The number of hydrogen-bond donors (Lipinski definition) is 2. The molecule has 0 saturated carbocycles. The Labute approximate surface area is 251 Å².